The molecule has 0 aliphatic rings. The number of carbonyl (C=O) groups excluding carboxylic acids is 1. The predicted molar refractivity (Wildman–Crippen MR) is 22.6 cm³/mol. The topological polar surface area (TPSA) is 49.4 Å². The van der Waals surface area contributed by atoms with Crippen molar-refractivity contribution >= 4 is 6.41 Å². The van der Waals surface area contributed by atoms with Gasteiger partial charge in [0, 0.05) is 0 Å². The number of carbonyl (C=O) groups is 1. The Hall–Kier alpha value is -0.450. The molecule has 0 spiro atoms. The van der Waals surface area contributed by atoms with Gasteiger partial charge in [0.05, 0.1) is 7.11 Å². The van der Waals surface area contributed by atoms with Gasteiger partial charge in [-0.3, -0.25) is 0 Å². The fraction of sp³-hybridized carbons (Fsp3) is 0.667. The van der Waals surface area contributed by atoms with Crippen LogP contribution in [0, 0.1) is 5.21 Å². The number of amides is 1. The van der Waals surface area contributed by atoms with Gasteiger partial charge in [0.1, 0.15) is 7.05 Å². The third-order valence-electron chi connectivity index (χ3n) is 0.554. The Balaban J connectivity index is 3.58. The lowest BCUT2D eigenvalue weighted by molar-refractivity contribution is -0.977. The van der Waals surface area contributed by atoms with Crippen molar-refractivity contribution in [2.75, 3.05) is 14.2 Å². The van der Waals surface area contributed by atoms with Gasteiger partial charge in [-0.25, -0.2) is 4.79 Å². The van der Waals surface area contributed by atoms with E-state index in [1.54, 1.807) is 0 Å². The quantitative estimate of drug-likeness (QED) is 0.274. The molecule has 0 saturated carbocycles. The van der Waals surface area contributed by atoms with Gasteiger partial charge in [-0.15, -0.1) is 0 Å². The predicted octanol–water partition coefficient (Wildman–Crippen LogP) is -0.351. The van der Waals surface area contributed by atoms with Crippen LogP contribution in [0.4, 0.5) is 0 Å². The Morgan fingerprint density at radius 1 is 1.86 bits per heavy atom. The van der Waals surface area contributed by atoms with Crippen LogP contribution in [-0.4, -0.2) is 25.4 Å². The number of rotatable bonds is 2. The summed E-state index contributed by atoms with van der Waals surface area (Å²) in [5.41, 5.74) is 0. The van der Waals surface area contributed by atoms with Gasteiger partial charge in [-0.05, 0) is 0 Å². The minimum absolute atomic E-state index is 0.153. The summed E-state index contributed by atoms with van der Waals surface area (Å²) in [6, 6.07) is 0. The van der Waals surface area contributed by atoms with Crippen LogP contribution < -0.4 is 0 Å². The molecule has 1 atom stereocenters. The van der Waals surface area contributed by atoms with Crippen molar-refractivity contribution in [2.45, 2.75) is 0 Å². The van der Waals surface area contributed by atoms with E-state index in [1.807, 2.05) is 0 Å². The number of nitrogens with zero attached hydrogens (tertiary/aromatic N) is 1. The van der Waals surface area contributed by atoms with Crippen molar-refractivity contribution in [3.63, 3.8) is 0 Å². The Labute approximate surface area is 41.4 Å². The van der Waals surface area contributed by atoms with Crippen molar-refractivity contribution in [1.82, 2.24) is 0 Å². The highest BCUT2D eigenvalue weighted by Crippen LogP contribution is 1.89. The SMILES string of the molecule is CO[N+](C)([O-])C=O. The number of quaternary nitrogens is 1. The molecular formula is C3H7NO3. The van der Waals surface area contributed by atoms with E-state index in [1.165, 1.54) is 7.11 Å². The molecule has 0 aromatic heterocycles. The molecule has 0 radical (unpaired) electrons. The Morgan fingerprint density at radius 2 is 2.29 bits per heavy atom. The van der Waals surface area contributed by atoms with Gasteiger partial charge < -0.3 is 5.21 Å². The van der Waals surface area contributed by atoms with E-state index in [-0.39, 0.29) is 6.41 Å². The van der Waals surface area contributed by atoms with Crippen molar-refractivity contribution < 1.29 is 14.4 Å². The smallest absolute Gasteiger partial charge is 0.333 e. The van der Waals surface area contributed by atoms with E-state index in [4.69, 9.17) is 0 Å². The fourth-order valence-corrected chi connectivity index (χ4v) is 0.0430. The third kappa shape index (κ3) is 2.27. The van der Waals surface area contributed by atoms with E-state index in [0.29, 0.717) is 0 Å². The first kappa shape index (κ1) is 6.55. The van der Waals surface area contributed by atoms with Crippen LogP contribution in [0.3, 0.4) is 0 Å². The first-order valence-corrected chi connectivity index (χ1v) is 1.71. The van der Waals surface area contributed by atoms with Crippen LogP contribution in [0.5, 0.6) is 0 Å². The average molecular weight is 105 g/mol. The molecule has 7 heavy (non-hydrogen) atoms. The molecular weight excluding hydrogens is 98.0 g/mol. The van der Waals surface area contributed by atoms with Gasteiger partial charge in [-0.1, -0.05) is 0 Å². The van der Waals surface area contributed by atoms with E-state index in [9.17, 15) is 10.0 Å². The van der Waals surface area contributed by atoms with Crippen molar-refractivity contribution in [3.8, 4) is 0 Å². The molecule has 0 aromatic carbocycles. The van der Waals surface area contributed by atoms with Gasteiger partial charge >= 0.3 is 6.41 Å². The molecule has 4 heteroatoms. The van der Waals surface area contributed by atoms with Crippen LogP contribution >= 0.6 is 0 Å². The summed E-state index contributed by atoms with van der Waals surface area (Å²) in [4.78, 5) is 12.4. The lowest BCUT2D eigenvalue weighted by atomic mass is 11.1. The van der Waals surface area contributed by atoms with Crippen LogP contribution in [0.1, 0.15) is 0 Å². The second-order valence-corrected chi connectivity index (χ2v) is 1.20. The average Bonchev–Trinajstić information content (AvgIpc) is 1.68. The van der Waals surface area contributed by atoms with E-state index in [2.05, 4.69) is 4.84 Å². The molecule has 0 heterocycles. The molecule has 1 amide bonds. The molecule has 1 unspecified atom stereocenters. The second-order valence-electron chi connectivity index (χ2n) is 1.20. The zero-order valence-corrected chi connectivity index (χ0v) is 4.25. The summed E-state index contributed by atoms with van der Waals surface area (Å²) in [7, 11) is 2.26. The molecule has 0 aromatic rings. The van der Waals surface area contributed by atoms with E-state index < -0.39 is 4.81 Å². The van der Waals surface area contributed by atoms with Gasteiger partial charge in [0.15, 0.2) is 0 Å². The van der Waals surface area contributed by atoms with E-state index >= 15 is 0 Å². The zero-order valence-electron chi connectivity index (χ0n) is 4.25. The highest BCUT2D eigenvalue weighted by atomic mass is 16.9. The normalized spacial score (nSPS) is 18.1. The van der Waals surface area contributed by atoms with Crippen molar-refractivity contribution in [3.05, 3.63) is 5.21 Å². The summed E-state index contributed by atoms with van der Waals surface area (Å²) in [5, 5.41) is 10.2. The first-order valence-electron chi connectivity index (χ1n) is 1.71. The zero-order chi connectivity index (χ0) is 5.91. The number of hydrogen-bond acceptors (Lipinski definition) is 3. The maximum Gasteiger partial charge on any atom is 0.333 e. The minimum atomic E-state index is -1.29. The summed E-state index contributed by atoms with van der Waals surface area (Å²) in [5.74, 6) is 0. The monoisotopic (exact) mass is 105 g/mol. The highest BCUT2D eigenvalue weighted by Gasteiger charge is 2.02. The summed E-state index contributed by atoms with van der Waals surface area (Å²) >= 11 is 0. The highest BCUT2D eigenvalue weighted by molar-refractivity contribution is 5.35. The van der Waals surface area contributed by atoms with Gasteiger partial charge in [0.2, 0.25) is 0 Å². The van der Waals surface area contributed by atoms with Crippen LogP contribution in [0.25, 0.3) is 0 Å². The van der Waals surface area contributed by atoms with Crippen LogP contribution in [0.15, 0.2) is 0 Å². The second kappa shape index (κ2) is 2.02. The Bertz CT molecular complexity index is 70.6. The molecule has 0 aliphatic carbocycles. The molecule has 42 valence electrons. The largest absolute Gasteiger partial charge is 0.591 e. The number of hydrogen-bond donors (Lipinski definition) is 0. The Morgan fingerprint density at radius 3 is 2.29 bits per heavy atom. The molecule has 0 aliphatic heterocycles. The molecule has 0 fully saturated rings. The molecule has 0 rings (SSSR count). The van der Waals surface area contributed by atoms with Crippen LogP contribution in [-0.2, 0) is 9.63 Å². The summed E-state index contributed by atoms with van der Waals surface area (Å²) < 4.78 is 0. The molecule has 0 N–H and O–H groups in total. The Kier molecular flexibility index (Phi) is 1.89. The van der Waals surface area contributed by atoms with Gasteiger partial charge in [-0.2, -0.15) is 9.65 Å². The van der Waals surface area contributed by atoms with Crippen molar-refractivity contribution in [1.29, 1.82) is 0 Å². The lowest BCUT2D eigenvalue weighted by Gasteiger charge is -2.24. The lowest BCUT2D eigenvalue weighted by Crippen LogP contribution is -2.33. The van der Waals surface area contributed by atoms with E-state index in [0.717, 1.165) is 7.05 Å². The minimum Gasteiger partial charge on any atom is -0.591 e. The summed E-state index contributed by atoms with van der Waals surface area (Å²) in [6.45, 7) is 0. The van der Waals surface area contributed by atoms with Gasteiger partial charge in [0.25, 0.3) is 0 Å². The molecule has 0 bridgehead atoms. The summed E-state index contributed by atoms with van der Waals surface area (Å²) in [6.07, 6.45) is 0.153. The standard InChI is InChI=1S/C3H7NO3/c1-4(6,3-5)7-2/h3H,1-2H3. The molecule has 0 saturated heterocycles. The third-order valence-corrected chi connectivity index (χ3v) is 0.554. The fourth-order valence-electron chi connectivity index (χ4n) is 0.0430. The van der Waals surface area contributed by atoms with Crippen molar-refractivity contribution in [2.24, 2.45) is 0 Å². The van der Waals surface area contributed by atoms with Crippen LogP contribution in [0.2, 0.25) is 0 Å². The first-order chi connectivity index (χ1) is 3.12. The maximum atomic E-state index is 10.2. The maximum absolute atomic E-state index is 10.2. The molecule has 4 nitrogen and oxygen atoms in total. The number of hydroxylamine groups is 4.